The third-order valence-electron chi connectivity index (χ3n) is 7.71. The Bertz CT molecular complexity index is 929. The third-order valence-corrected chi connectivity index (χ3v) is 17.3. The van der Waals surface area contributed by atoms with Gasteiger partial charge in [-0.3, -0.25) is 9.63 Å². The van der Waals surface area contributed by atoms with Gasteiger partial charge in [-0.1, -0.05) is 102 Å². The predicted octanol–water partition coefficient (Wildman–Crippen LogP) is 6.14. The van der Waals surface area contributed by atoms with Crippen molar-refractivity contribution in [3.05, 3.63) is 60.7 Å². The van der Waals surface area contributed by atoms with Crippen LogP contribution in [-0.2, 0) is 18.5 Å². The Kier molecular flexibility index (Phi) is 10.9. The van der Waals surface area contributed by atoms with E-state index in [4.69, 9.17) is 13.7 Å². The molecule has 0 radical (unpaired) electrons. The second kappa shape index (κ2) is 12.8. The van der Waals surface area contributed by atoms with Gasteiger partial charge in [-0.25, -0.2) is 5.06 Å². The van der Waals surface area contributed by atoms with Gasteiger partial charge in [-0.15, -0.1) is 0 Å². The van der Waals surface area contributed by atoms with Crippen LogP contribution in [0, 0.1) is 0 Å². The molecule has 0 fully saturated rings. The first-order valence-electron chi connectivity index (χ1n) is 13.4. The summed E-state index contributed by atoms with van der Waals surface area (Å²) in [5.74, 6) is -0.0264. The Hall–Kier alpha value is -1.78. The van der Waals surface area contributed by atoms with E-state index in [0.29, 0.717) is 13.0 Å². The van der Waals surface area contributed by atoms with E-state index in [1.807, 2.05) is 0 Å². The smallest absolute Gasteiger partial charge is 0.261 e. The molecule has 0 aliphatic rings. The number of rotatable bonds is 12. The summed E-state index contributed by atoms with van der Waals surface area (Å²) in [7, 11) is -1.57. The van der Waals surface area contributed by atoms with E-state index in [9.17, 15) is 4.79 Å². The molecule has 0 N–H and O–H groups in total. The summed E-state index contributed by atoms with van der Waals surface area (Å²) in [6.07, 6.45) is 1.80. The van der Waals surface area contributed by atoms with Crippen molar-refractivity contribution in [3.8, 4) is 0 Å². The van der Waals surface area contributed by atoms with E-state index >= 15 is 0 Å². The van der Waals surface area contributed by atoms with Gasteiger partial charge in [0.05, 0.1) is 19.8 Å². The van der Waals surface area contributed by atoms with Gasteiger partial charge in [0.25, 0.3) is 8.32 Å². The lowest BCUT2D eigenvalue weighted by atomic mass is 10.1. The van der Waals surface area contributed by atoms with Gasteiger partial charge in [0.2, 0.25) is 5.91 Å². The van der Waals surface area contributed by atoms with Gasteiger partial charge in [-0.05, 0) is 46.4 Å². The molecule has 0 spiro atoms. The molecule has 0 aliphatic heterocycles. The van der Waals surface area contributed by atoms with Crippen LogP contribution in [0.2, 0.25) is 23.2 Å². The van der Waals surface area contributed by atoms with Gasteiger partial charge in [-0.2, -0.15) is 0 Å². The summed E-state index contributed by atoms with van der Waals surface area (Å²) >= 11 is 0. The van der Waals surface area contributed by atoms with E-state index in [1.54, 1.807) is 7.05 Å². The largest absolute Gasteiger partial charge is 0.412 e. The Morgan fingerprint density at radius 1 is 0.865 bits per heavy atom. The van der Waals surface area contributed by atoms with Crippen LogP contribution in [0.4, 0.5) is 0 Å². The first-order chi connectivity index (χ1) is 17.2. The summed E-state index contributed by atoms with van der Waals surface area (Å²) in [4.78, 5) is 17.4. The first-order valence-corrected chi connectivity index (χ1v) is 18.2. The standard InChI is InChI=1S/C30H49NO4Si2/c1-29(2,3)36(9,10)35-25(18-17-23-28(32)31(7)33-8)24-34-37(30(4,5)6,26-19-13-11-14-20-26)27-21-15-12-16-22-27/h11-16,19-22,25H,17-18,23-24H2,1-10H3/t25-/m0/s1. The first kappa shape index (κ1) is 31.4. The summed E-state index contributed by atoms with van der Waals surface area (Å²) in [5.41, 5.74) is 0. The van der Waals surface area contributed by atoms with Crippen molar-refractivity contribution in [1.29, 1.82) is 0 Å². The van der Waals surface area contributed by atoms with E-state index in [0.717, 1.165) is 12.8 Å². The molecular formula is C30H49NO4Si2. The molecule has 37 heavy (non-hydrogen) atoms. The third kappa shape index (κ3) is 7.86. The maximum Gasteiger partial charge on any atom is 0.261 e. The maximum absolute atomic E-state index is 12.4. The number of carbonyl (C=O) groups is 1. The number of hydrogen-bond acceptors (Lipinski definition) is 4. The van der Waals surface area contributed by atoms with Gasteiger partial charge >= 0.3 is 0 Å². The predicted molar refractivity (Wildman–Crippen MR) is 159 cm³/mol. The van der Waals surface area contributed by atoms with E-state index in [1.165, 1.54) is 22.5 Å². The zero-order valence-corrected chi connectivity index (χ0v) is 26.8. The van der Waals surface area contributed by atoms with E-state index in [-0.39, 0.29) is 22.1 Å². The summed E-state index contributed by atoms with van der Waals surface area (Å²) in [6.45, 7) is 18.7. The highest BCUT2D eigenvalue weighted by Gasteiger charge is 2.50. The molecule has 0 unspecified atom stereocenters. The number of nitrogens with zero attached hydrogens (tertiary/aromatic N) is 1. The Balaban J connectivity index is 2.43. The van der Waals surface area contributed by atoms with E-state index < -0.39 is 16.6 Å². The molecule has 0 saturated heterocycles. The second-order valence-corrected chi connectivity index (χ2v) is 21.5. The molecule has 2 aromatic rings. The van der Waals surface area contributed by atoms with Crippen LogP contribution >= 0.6 is 0 Å². The van der Waals surface area contributed by atoms with Gasteiger partial charge in [0.1, 0.15) is 0 Å². The highest BCUT2D eigenvalue weighted by molar-refractivity contribution is 6.99. The van der Waals surface area contributed by atoms with Crippen molar-refractivity contribution in [3.63, 3.8) is 0 Å². The quantitative estimate of drug-likeness (QED) is 0.238. The van der Waals surface area contributed by atoms with Gasteiger partial charge in [0.15, 0.2) is 8.32 Å². The Morgan fingerprint density at radius 2 is 1.35 bits per heavy atom. The highest BCUT2D eigenvalue weighted by Crippen LogP contribution is 2.39. The summed E-state index contributed by atoms with van der Waals surface area (Å²) in [6, 6.07) is 21.4. The molecule has 0 aliphatic carbocycles. The van der Waals surface area contributed by atoms with Crippen LogP contribution in [0.1, 0.15) is 60.8 Å². The molecule has 0 saturated carbocycles. The SMILES string of the molecule is CON(C)C(=O)CCC[C@@H](CO[Si](c1ccccc1)(c1ccccc1)C(C)(C)C)O[Si](C)(C)C(C)(C)C. The molecule has 0 aromatic heterocycles. The second-order valence-electron chi connectivity index (χ2n) is 12.4. The van der Waals surface area contributed by atoms with E-state index in [2.05, 4.69) is 115 Å². The van der Waals surface area contributed by atoms with Crippen molar-refractivity contribution < 1.29 is 18.5 Å². The minimum absolute atomic E-state index is 0.0264. The molecule has 0 heterocycles. The Morgan fingerprint density at radius 3 is 1.76 bits per heavy atom. The molecule has 1 atom stereocenters. The molecule has 5 nitrogen and oxygen atoms in total. The minimum atomic E-state index is -2.68. The lowest BCUT2D eigenvalue weighted by Gasteiger charge is -2.45. The number of benzene rings is 2. The molecule has 2 aromatic carbocycles. The Labute approximate surface area is 227 Å². The minimum Gasteiger partial charge on any atom is -0.412 e. The molecule has 0 bridgehead atoms. The van der Waals surface area contributed by atoms with Crippen molar-refractivity contribution in [1.82, 2.24) is 5.06 Å². The van der Waals surface area contributed by atoms with Crippen molar-refractivity contribution >= 4 is 32.9 Å². The molecular weight excluding hydrogens is 495 g/mol. The van der Waals surface area contributed by atoms with Crippen LogP contribution in [0.25, 0.3) is 0 Å². The summed E-state index contributed by atoms with van der Waals surface area (Å²) < 4.78 is 14.2. The normalized spacial score (nSPS) is 13.9. The van der Waals surface area contributed by atoms with Gasteiger partial charge in [0, 0.05) is 13.5 Å². The van der Waals surface area contributed by atoms with Crippen LogP contribution in [-0.4, -0.2) is 54.5 Å². The fourth-order valence-corrected chi connectivity index (χ4v) is 10.5. The zero-order chi connectivity index (χ0) is 27.9. The van der Waals surface area contributed by atoms with Crippen LogP contribution in [0.3, 0.4) is 0 Å². The van der Waals surface area contributed by atoms with Crippen LogP contribution in [0.5, 0.6) is 0 Å². The highest BCUT2D eigenvalue weighted by atomic mass is 28.4. The average molecular weight is 544 g/mol. The lowest BCUT2D eigenvalue weighted by Crippen LogP contribution is -2.67. The molecule has 206 valence electrons. The van der Waals surface area contributed by atoms with Gasteiger partial charge < -0.3 is 8.85 Å². The van der Waals surface area contributed by atoms with Crippen LogP contribution < -0.4 is 10.4 Å². The monoisotopic (exact) mass is 543 g/mol. The molecule has 1 amide bonds. The van der Waals surface area contributed by atoms with Crippen molar-refractivity contribution in [2.24, 2.45) is 0 Å². The van der Waals surface area contributed by atoms with Crippen molar-refractivity contribution in [2.75, 3.05) is 20.8 Å². The number of hydrogen-bond donors (Lipinski definition) is 0. The zero-order valence-electron chi connectivity index (χ0n) is 24.8. The number of carbonyl (C=O) groups excluding carboxylic acids is 1. The van der Waals surface area contributed by atoms with Crippen LogP contribution in [0.15, 0.2) is 60.7 Å². The average Bonchev–Trinajstić information content (AvgIpc) is 2.83. The fraction of sp³-hybridized carbons (Fsp3) is 0.567. The fourth-order valence-electron chi connectivity index (χ4n) is 4.49. The molecule has 2 rings (SSSR count). The maximum atomic E-state index is 12.4. The van der Waals surface area contributed by atoms with Crippen molar-refractivity contribution in [2.45, 2.75) is 90.1 Å². The number of amides is 1. The number of hydroxylamine groups is 2. The summed E-state index contributed by atoms with van der Waals surface area (Å²) in [5, 5.41) is 3.79. The topological polar surface area (TPSA) is 48.0 Å². The molecule has 7 heteroatoms. The lowest BCUT2D eigenvalue weighted by molar-refractivity contribution is -0.168.